The molecule has 1 aromatic carbocycles. The molecule has 2 N–H and O–H groups in total. The van der Waals surface area contributed by atoms with Gasteiger partial charge in [-0.05, 0) is 85.9 Å². The highest BCUT2D eigenvalue weighted by Crippen LogP contribution is 2.33. The number of amides is 3. The zero-order valence-corrected chi connectivity index (χ0v) is 24.4. The number of nitrogens with zero attached hydrogens (tertiary/aromatic N) is 4. The number of likely N-dealkylation sites (tertiary alicyclic amines) is 1. The fourth-order valence-electron chi connectivity index (χ4n) is 6.17. The molecule has 2 atom stereocenters. The first-order valence-corrected chi connectivity index (χ1v) is 15.4. The van der Waals surface area contributed by atoms with Crippen LogP contribution in [0.25, 0.3) is 5.52 Å². The van der Waals surface area contributed by atoms with Crippen LogP contribution in [0.3, 0.4) is 0 Å². The molecule has 0 aliphatic carbocycles. The molecular weight excluding hydrogens is 528 g/mol. The number of anilines is 1. The molecule has 2 unspecified atom stereocenters. The van der Waals surface area contributed by atoms with Gasteiger partial charge in [0, 0.05) is 45.1 Å². The number of piperidine rings is 2. The molecule has 2 saturated heterocycles. The van der Waals surface area contributed by atoms with Crippen molar-refractivity contribution in [3.05, 3.63) is 59.4 Å². The minimum atomic E-state index is -3.65. The summed E-state index contributed by atoms with van der Waals surface area (Å²) in [4.78, 5) is 27.3. The molecule has 3 aromatic rings. The van der Waals surface area contributed by atoms with Crippen molar-refractivity contribution in [1.82, 2.24) is 24.1 Å². The van der Waals surface area contributed by atoms with E-state index in [0.717, 1.165) is 36.3 Å². The largest absolute Gasteiger partial charge is 0.341 e. The molecule has 2 aliphatic rings. The Labute approximate surface area is 235 Å². The van der Waals surface area contributed by atoms with Gasteiger partial charge in [-0.15, -0.1) is 0 Å². The second-order valence-electron chi connectivity index (χ2n) is 11.3. The number of benzene rings is 1. The summed E-state index contributed by atoms with van der Waals surface area (Å²) >= 11 is 0. The third-order valence-corrected chi connectivity index (χ3v) is 10.0. The van der Waals surface area contributed by atoms with E-state index in [1.807, 2.05) is 24.1 Å². The van der Waals surface area contributed by atoms with Crippen LogP contribution in [0.5, 0.6) is 0 Å². The Balaban J connectivity index is 1.30. The van der Waals surface area contributed by atoms with Gasteiger partial charge in [-0.1, -0.05) is 13.8 Å². The van der Waals surface area contributed by atoms with E-state index >= 15 is 0 Å². The fourth-order valence-corrected chi connectivity index (χ4v) is 7.64. The van der Waals surface area contributed by atoms with Crippen LogP contribution < -0.4 is 10.6 Å². The van der Waals surface area contributed by atoms with Gasteiger partial charge in [0.05, 0.1) is 21.7 Å². The van der Waals surface area contributed by atoms with Gasteiger partial charge in [0.1, 0.15) is 0 Å². The van der Waals surface area contributed by atoms with Crippen molar-refractivity contribution in [3.63, 3.8) is 0 Å². The van der Waals surface area contributed by atoms with Crippen molar-refractivity contribution in [3.8, 4) is 0 Å². The van der Waals surface area contributed by atoms with Gasteiger partial charge >= 0.3 is 6.03 Å². The number of pyridine rings is 1. The zero-order chi connectivity index (χ0) is 28.6. The molecule has 10 nitrogen and oxygen atoms in total. The lowest BCUT2D eigenvalue weighted by Gasteiger charge is -2.35. The lowest BCUT2D eigenvalue weighted by Crippen LogP contribution is -2.42. The topological polar surface area (TPSA) is 116 Å². The normalized spacial score (nSPS) is 20.9. The average molecular weight is 567 g/mol. The third kappa shape index (κ3) is 5.57. The van der Waals surface area contributed by atoms with E-state index in [0.29, 0.717) is 49.0 Å². The Hall–Kier alpha value is -3.44. The smallest absolute Gasteiger partial charge is 0.318 e. The van der Waals surface area contributed by atoms with E-state index in [2.05, 4.69) is 35.6 Å². The van der Waals surface area contributed by atoms with Crippen molar-refractivity contribution >= 4 is 33.2 Å². The number of aryl methyl sites for hydroxylation is 1. The van der Waals surface area contributed by atoms with Crippen LogP contribution in [0.15, 0.2) is 47.5 Å². The Bertz CT molecular complexity index is 1500. The highest BCUT2D eigenvalue weighted by molar-refractivity contribution is 7.89. The number of urea groups is 1. The molecule has 0 spiro atoms. The van der Waals surface area contributed by atoms with Crippen molar-refractivity contribution in [2.45, 2.75) is 50.8 Å². The SMILES string of the molecule is CNC(=O)Nc1ccc(S(=O)(=O)N2CCC(c3ccn4nc(C)c(C(=O)N5CC(C)CC(C)C5)c4c3)CC2)cc1. The van der Waals surface area contributed by atoms with Gasteiger partial charge in [-0.2, -0.15) is 9.40 Å². The number of fused-ring (bicyclic) bond motifs is 1. The number of sulfonamides is 1. The number of aromatic nitrogens is 2. The first-order chi connectivity index (χ1) is 19.1. The van der Waals surface area contributed by atoms with Gasteiger partial charge in [0.25, 0.3) is 5.91 Å². The summed E-state index contributed by atoms with van der Waals surface area (Å²) in [5, 5.41) is 9.71. The zero-order valence-electron chi connectivity index (χ0n) is 23.6. The Morgan fingerprint density at radius 1 is 1.00 bits per heavy atom. The Kier molecular flexibility index (Phi) is 7.87. The van der Waals surface area contributed by atoms with Crippen molar-refractivity contribution < 1.29 is 18.0 Å². The molecule has 2 fully saturated rings. The monoisotopic (exact) mass is 566 g/mol. The maximum absolute atomic E-state index is 13.6. The van der Waals surface area contributed by atoms with E-state index in [1.54, 1.807) is 16.6 Å². The van der Waals surface area contributed by atoms with Crippen LogP contribution in [-0.4, -0.2) is 72.4 Å². The first-order valence-electron chi connectivity index (χ1n) is 13.9. The summed E-state index contributed by atoms with van der Waals surface area (Å²) in [7, 11) is -2.13. The molecule has 4 heterocycles. The first kappa shape index (κ1) is 28.1. The van der Waals surface area contributed by atoms with E-state index in [1.165, 1.54) is 23.5 Å². The molecule has 5 rings (SSSR count). The summed E-state index contributed by atoms with van der Waals surface area (Å²) < 4.78 is 29.9. The van der Waals surface area contributed by atoms with E-state index in [9.17, 15) is 18.0 Å². The number of hydrogen-bond acceptors (Lipinski definition) is 5. The van der Waals surface area contributed by atoms with Crippen LogP contribution in [0, 0.1) is 18.8 Å². The number of carbonyl (C=O) groups excluding carboxylic acids is 2. The second kappa shape index (κ2) is 11.2. The molecular formula is C29H38N6O4S. The fraction of sp³-hybridized carbons (Fsp3) is 0.483. The van der Waals surface area contributed by atoms with E-state index < -0.39 is 10.0 Å². The highest BCUT2D eigenvalue weighted by Gasteiger charge is 2.32. The van der Waals surface area contributed by atoms with Gasteiger partial charge in [0.2, 0.25) is 10.0 Å². The van der Waals surface area contributed by atoms with E-state index in [4.69, 9.17) is 0 Å². The Morgan fingerprint density at radius 2 is 1.65 bits per heavy atom. The molecule has 11 heteroatoms. The van der Waals surface area contributed by atoms with Crippen LogP contribution in [-0.2, 0) is 10.0 Å². The molecule has 214 valence electrons. The lowest BCUT2D eigenvalue weighted by atomic mass is 9.90. The van der Waals surface area contributed by atoms with Crippen LogP contribution >= 0.6 is 0 Å². The van der Waals surface area contributed by atoms with Crippen molar-refractivity contribution in [2.75, 3.05) is 38.5 Å². The minimum absolute atomic E-state index is 0.0421. The van der Waals surface area contributed by atoms with Crippen molar-refractivity contribution in [2.24, 2.45) is 11.8 Å². The van der Waals surface area contributed by atoms with Crippen LogP contribution in [0.4, 0.5) is 10.5 Å². The quantitative estimate of drug-likeness (QED) is 0.483. The van der Waals surface area contributed by atoms with Crippen molar-refractivity contribution in [1.29, 1.82) is 0 Å². The predicted octanol–water partition coefficient (Wildman–Crippen LogP) is 4.08. The molecule has 2 aromatic heterocycles. The third-order valence-electron chi connectivity index (χ3n) is 8.11. The molecule has 0 radical (unpaired) electrons. The van der Waals surface area contributed by atoms with Crippen LogP contribution in [0.2, 0.25) is 0 Å². The number of nitrogens with one attached hydrogen (secondary N) is 2. The number of rotatable bonds is 5. The van der Waals surface area contributed by atoms with Gasteiger partial charge in [-0.3, -0.25) is 4.79 Å². The maximum Gasteiger partial charge on any atom is 0.318 e. The van der Waals surface area contributed by atoms with E-state index in [-0.39, 0.29) is 22.8 Å². The lowest BCUT2D eigenvalue weighted by molar-refractivity contribution is 0.0624. The molecule has 2 aliphatic heterocycles. The number of carbonyl (C=O) groups is 2. The summed E-state index contributed by atoms with van der Waals surface area (Å²) in [5.41, 5.74) is 3.82. The second-order valence-corrected chi connectivity index (χ2v) is 13.3. The summed E-state index contributed by atoms with van der Waals surface area (Å²) in [6, 6.07) is 9.94. The Morgan fingerprint density at radius 3 is 2.27 bits per heavy atom. The minimum Gasteiger partial charge on any atom is -0.341 e. The number of hydrogen-bond donors (Lipinski definition) is 2. The summed E-state index contributed by atoms with van der Waals surface area (Å²) in [6.45, 7) is 8.63. The average Bonchev–Trinajstić information content (AvgIpc) is 3.27. The molecule has 0 saturated carbocycles. The van der Waals surface area contributed by atoms with Crippen LogP contribution in [0.1, 0.15) is 60.6 Å². The maximum atomic E-state index is 13.6. The molecule has 3 amide bonds. The van der Waals surface area contributed by atoms with Gasteiger partial charge in [-0.25, -0.2) is 17.7 Å². The molecule has 40 heavy (non-hydrogen) atoms. The summed E-state index contributed by atoms with van der Waals surface area (Å²) in [5.74, 6) is 1.18. The molecule has 0 bridgehead atoms. The predicted molar refractivity (Wildman–Crippen MR) is 154 cm³/mol. The summed E-state index contributed by atoms with van der Waals surface area (Å²) in [6.07, 6.45) is 4.41. The highest BCUT2D eigenvalue weighted by atomic mass is 32.2. The standard InChI is InChI=1S/C29H38N6O4S/c1-19-15-20(2)18-33(17-19)28(36)27-21(3)32-35-14-11-23(16-26(27)35)22-9-12-34(13-10-22)40(38,39)25-7-5-24(6-8-25)31-29(37)30-4/h5-8,11,14,16,19-20,22H,9-10,12-13,15,17-18H2,1-4H3,(H2,30,31,37). The van der Waals surface area contributed by atoms with Gasteiger partial charge < -0.3 is 15.5 Å². The van der Waals surface area contributed by atoms with Gasteiger partial charge in [0.15, 0.2) is 0 Å².